The summed E-state index contributed by atoms with van der Waals surface area (Å²) >= 11 is 0. The Labute approximate surface area is 126 Å². The first-order valence-corrected chi connectivity index (χ1v) is 6.30. The van der Waals surface area contributed by atoms with Crippen LogP contribution in [0.4, 0.5) is 0 Å². The molecule has 1 aliphatic heterocycles. The highest BCUT2D eigenvalue weighted by molar-refractivity contribution is 5.85. The van der Waals surface area contributed by atoms with E-state index in [4.69, 9.17) is 0 Å². The SMILES string of the molecule is Cc1c(O)c(=O)ccn1CCN1CCCCC1.Cl.Cl. The van der Waals surface area contributed by atoms with E-state index in [9.17, 15) is 9.90 Å². The third-order valence-corrected chi connectivity index (χ3v) is 3.52. The van der Waals surface area contributed by atoms with Crippen molar-refractivity contribution in [3.63, 3.8) is 0 Å². The first-order valence-electron chi connectivity index (χ1n) is 6.30. The van der Waals surface area contributed by atoms with Crippen molar-refractivity contribution in [2.24, 2.45) is 0 Å². The van der Waals surface area contributed by atoms with Gasteiger partial charge in [-0.1, -0.05) is 6.42 Å². The van der Waals surface area contributed by atoms with Crippen molar-refractivity contribution < 1.29 is 5.11 Å². The van der Waals surface area contributed by atoms with Gasteiger partial charge in [-0.15, -0.1) is 24.8 Å². The fourth-order valence-corrected chi connectivity index (χ4v) is 2.34. The summed E-state index contributed by atoms with van der Waals surface area (Å²) in [6.07, 6.45) is 5.68. The van der Waals surface area contributed by atoms with E-state index in [0.717, 1.165) is 13.1 Å². The lowest BCUT2D eigenvalue weighted by Crippen LogP contribution is -2.33. The zero-order valence-corrected chi connectivity index (χ0v) is 12.8. The number of aromatic hydroxyl groups is 1. The van der Waals surface area contributed by atoms with Gasteiger partial charge >= 0.3 is 0 Å². The Morgan fingerprint density at radius 3 is 2.42 bits per heavy atom. The largest absolute Gasteiger partial charge is 0.503 e. The van der Waals surface area contributed by atoms with Gasteiger partial charge < -0.3 is 14.6 Å². The van der Waals surface area contributed by atoms with Crippen LogP contribution in [0.15, 0.2) is 17.1 Å². The molecule has 1 aromatic rings. The lowest BCUT2D eigenvalue weighted by Gasteiger charge is -2.27. The van der Waals surface area contributed by atoms with Crippen LogP contribution in [0.1, 0.15) is 25.0 Å². The second-order valence-corrected chi connectivity index (χ2v) is 4.71. The van der Waals surface area contributed by atoms with Crippen LogP contribution in [0.2, 0.25) is 0 Å². The molecule has 1 saturated heterocycles. The maximum absolute atomic E-state index is 11.2. The molecule has 0 atom stereocenters. The summed E-state index contributed by atoms with van der Waals surface area (Å²) in [5.74, 6) is -0.119. The highest BCUT2D eigenvalue weighted by Gasteiger charge is 2.10. The fraction of sp³-hybridized carbons (Fsp3) is 0.615. The van der Waals surface area contributed by atoms with Gasteiger partial charge in [0.05, 0.1) is 5.69 Å². The second-order valence-electron chi connectivity index (χ2n) is 4.71. The highest BCUT2D eigenvalue weighted by Crippen LogP contribution is 2.11. The van der Waals surface area contributed by atoms with Gasteiger partial charge in [0.1, 0.15) is 0 Å². The molecule has 1 N–H and O–H groups in total. The predicted molar refractivity (Wildman–Crippen MR) is 81.9 cm³/mol. The standard InChI is InChI=1S/C13H20N2O2.2ClH/c1-11-13(17)12(16)5-8-15(11)10-9-14-6-3-2-4-7-14;;/h5,8,17H,2-4,6-7,9-10H2,1H3;2*1H. The third kappa shape index (κ3) is 4.71. The quantitative estimate of drug-likeness (QED) is 0.931. The number of halogens is 2. The molecule has 2 heterocycles. The summed E-state index contributed by atoms with van der Waals surface area (Å²) in [5, 5.41) is 9.58. The van der Waals surface area contributed by atoms with Crippen LogP contribution >= 0.6 is 24.8 Å². The van der Waals surface area contributed by atoms with E-state index in [1.54, 1.807) is 13.1 Å². The maximum atomic E-state index is 11.2. The van der Waals surface area contributed by atoms with Gasteiger partial charge in [0.2, 0.25) is 5.43 Å². The Bertz CT molecular complexity index is 443. The number of rotatable bonds is 3. The molecule has 0 aromatic carbocycles. The molecule has 1 fully saturated rings. The Hall–Kier alpha value is -0.710. The summed E-state index contributed by atoms with van der Waals surface area (Å²) in [7, 11) is 0. The number of hydrogen-bond donors (Lipinski definition) is 1. The lowest BCUT2D eigenvalue weighted by atomic mass is 10.1. The Morgan fingerprint density at radius 1 is 1.16 bits per heavy atom. The van der Waals surface area contributed by atoms with Gasteiger partial charge in [-0.3, -0.25) is 4.79 Å². The summed E-state index contributed by atoms with van der Waals surface area (Å²) in [5.41, 5.74) is 0.367. The van der Waals surface area contributed by atoms with Crippen molar-refractivity contribution in [1.82, 2.24) is 9.47 Å². The molecule has 1 aromatic heterocycles. The number of nitrogens with zero attached hydrogens (tertiary/aromatic N) is 2. The van der Waals surface area contributed by atoms with Crippen LogP contribution in [0, 0.1) is 6.92 Å². The van der Waals surface area contributed by atoms with E-state index in [1.807, 2.05) is 4.57 Å². The molecule has 0 unspecified atom stereocenters. The number of pyridine rings is 1. The predicted octanol–water partition coefficient (Wildman–Crippen LogP) is 2.19. The van der Waals surface area contributed by atoms with E-state index < -0.39 is 0 Å². The highest BCUT2D eigenvalue weighted by atomic mass is 35.5. The zero-order chi connectivity index (χ0) is 12.3. The van der Waals surface area contributed by atoms with E-state index in [-0.39, 0.29) is 36.0 Å². The molecule has 2 rings (SSSR count). The molecular formula is C13H22Cl2N2O2. The first kappa shape index (κ1) is 18.3. The van der Waals surface area contributed by atoms with Crippen molar-refractivity contribution in [2.45, 2.75) is 32.7 Å². The van der Waals surface area contributed by atoms with Gasteiger partial charge in [0.15, 0.2) is 5.75 Å². The van der Waals surface area contributed by atoms with Crippen LogP contribution in [-0.4, -0.2) is 34.2 Å². The second kappa shape index (κ2) is 8.46. The topological polar surface area (TPSA) is 45.5 Å². The van der Waals surface area contributed by atoms with E-state index in [0.29, 0.717) is 5.69 Å². The fourth-order valence-electron chi connectivity index (χ4n) is 2.34. The molecule has 0 spiro atoms. The van der Waals surface area contributed by atoms with E-state index in [2.05, 4.69) is 4.90 Å². The molecule has 0 saturated carbocycles. The molecule has 1 aliphatic rings. The van der Waals surface area contributed by atoms with Crippen molar-refractivity contribution in [3.05, 3.63) is 28.2 Å². The molecule has 0 bridgehead atoms. The van der Waals surface area contributed by atoms with Gasteiger partial charge in [-0.2, -0.15) is 0 Å². The lowest BCUT2D eigenvalue weighted by molar-refractivity contribution is 0.220. The number of piperidine rings is 1. The number of likely N-dealkylation sites (tertiary alicyclic amines) is 1. The van der Waals surface area contributed by atoms with E-state index >= 15 is 0 Å². The molecule has 6 heteroatoms. The maximum Gasteiger partial charge on any atom is 0.223 e. The van der Waals surface area contributed by atoms with Gasteiger partial charge in [0, 0.05) is 25.4 Å². The summed E-state index contributed by atoms with van der Waals surface area (Å²) in [6, 6.07) is 1.43. The van der Waals surface area contributed by atoms with Gasteiger partial charge in [0.25, 0.3) is 0 Å². The van der Waals surface area contributed by atoms with Crippen LogP contribution in [-0.2, 0) is 6.54 Å². The van der Waals surface area contributed by atoms with Crippen LogP contribution in [0.5, 0.6) is 5.75 Å². The minimum Gasteiger partial charge on any atom is -0.503 e. The van der Waals surface area contributed by atoms with Gasteiger partial charge in [-0.25, -0.2) is 0 Å². The molecule has 0 amide bonds. The minimum atomic E-state index is -0.295. The third-order valence-electron chi connectivity index (χ3n) is 3.52. The Kier molecular flexibility index (Phi) is 8.14. The summed E-state index contributed by atoms with van der Waals surface area (Å²) in [4.78, 5) is 13.7. The van der Waals surface area contributed by atoms with Crippen molar-refractivity contribution in [3.8, 4) is 5.75 Å². The van der Waals surface area contributed by atoms with Crippen LogP contribution < -0.4 is 5.43 Å². The molecule has 19 heavy (non-hydrogen) atoms. The van der Waals surface area contributed by atoms with Crippen molar-refractivity contribution in [1.29, 1.82) is 0 Å². The number of aromatic nitrogens is 1. The Balaban J connectivity index is 0.00000162. The first-order chi connectivity index (χ1) is 8.18. The minimum absolute atomic E-state index is 0. The molecule has 0 radical (unpaired) electrons. The van der Waals surface area contributed by atoms with Gasteiger partial charge in [-0.05, 0) is 32.9 Å². The number of hydrogen-bond acceptors (Lipinski definition) is 3. The normalized spacial score (nSPS) is 15.4. The van der Waals surface area contributed by atoms with Crippen LogP contribution in [0.25, 0.3) is 0 Å². The molecular weight excluding hydrogens is 287 g/mol. The van der Waals surface area contributed by atoms with Crippen molar-refractivity contribution >= 4 is 24.8 Å². The molecule has 0 aliphatic carbocycles. The monoisotopic (exact) mass is 308 g/mol. The zero-order valence-electron chi connectivity index (χ0n) is 11.2. The average molecular weight is 309 g/mol. The summed E-state index contributed by atoms with van der Waals surface area (Å²) < 4.78 is 1.95. The average Bonchev–Trinajstić information content (AvgIpc) is 2.36. The molecule has 4 nitrogen and oxygen atoms in total. The van der Waals surface area contributed by atoms with Crippen LogP contribution in [0.3, 0.4) is 0 Å². The van der Waals surface area contributed by atoms with Crippen molar-refractivity contribution in [2.75, 3.05) is 19.6 Å². The summed E-state index contributed by atoms with van der Waals surface area (Å²) in [6.45, 7) is 5.95. The Morgan fingerprint density at radius 2 is 1.79 bits per heavy atom. The van der Waals surface area contributed by atoms with E-state index in [1.165, 1.54) is 38.4 Å². The molecule has 110 valence electrons. The smallest absolute Gasteiger partial charge is 0.223 e.